The molecule has 7 heteroatoms. The molecule has 1 aliphatic carbocycles. The third kappa shape index (κ3) is 2.79. The molecule has 0 aliphatic heterocycles. The maximum Gasteiger partial charge on any atom is 0.242 e. The molecule has 1 heterocycles. The van der Waals surface area contributed by atoms with Crippen molar-refractivity contribution in [2.75, 3.05) is 18.2 Å². The highest BCUT2D eigenvalue weighted by molar-refractivity contribution is 5.85. The number of carbonyl (C=O) groups is 1. The number of amides is 1. The highest BCUT2D eigenvalue weighted by Gasteiger charge is 2.26. The molecular weight excluding hydrogens is 234 g/mol. The lowest BCUT2D eigenvalue weighted by Gasteiger charge is -2.16. The van der Waals surface area contributed by atoms with Gasteiger partial charge in [-0.3, -0.25) is 4.79 Å². The highest BCUT2D eigenvalue weighted by atomic mass is 16.5. The average molecular weight is 251 g/mol. The summed E-state index contributed by atoms with van der Waals surface area (Å²) in [6.07, 6.45) is 3.44. The van der Waals surface area contributed by atoms with E-state index < -0.39 is 6.04 Å². The summed E-state index contributed by atoms with van der Waals surface area (Å²) < 4.78 is 5.11. The fourth-order valence-electron chi connectivity index (χ4n) is 1.52. The molecule has 0 saturated heterocycles. The lowest BCUT2D eigenvalue weighted by atomic mass is 10.3. The number of nitrogen functional groups attached to an aromatic ring is 1. The molecule has 18 heavy (non-hydrogen) atoms. The number of nitrogens with zero attached hydrogens (tertiary/aromatic N) is 2. The summed E-state index contributed by atoms with van der Waals surface area (Å²) in [6, 6.07) is -0.0760. The Hall–Kier alpha value is -2.05. The van der Waals surface area contributed by atoms with Crippen LogP contribution >= 0.6 is 0 Å². The number of nitrogens with two attached hydrogens (primary N) is 1. The number of nitrogens with one attached hydrogen (secondary N) is 2. The van der Waals surface area contributed by atoms with Crippen molar-refractivity contribution in [1.82, 2.24) is 15.3 Å². The Morgan fingerprint density at radius 1 is 1.56 bits per heavy atom. The molecule has 1 amide bonds. The fraction of sp³-hybridized carbons (Fsp3) is 0.545. The predicted molar refractivity (Wildman–Crippen MR) is 67.2 cm³/mol. The minimum Gasteiger partial charge on any atom is -0.490 e. The van der Waals surface area contributed by atoms with Crippen molar-refractivity contribution in [3.8, 4) is 5.75 Å². The van der Waals surface area contributed by atoms with Crippen molar-refractivity contribution in [2.45, 2.75) is 31.8 Å². The first-order valence-electron chi connectivity index (χ1n) is 5.83. The molecule has 1 aromatic heterocycles. The van der Waals surface area contributed by atoms with E-state index in [4.69, 9.17) is 10.5 Å². The van der Waals surface area contributed by atoms with Gasteiger partial charge in [0.25, 0.3) is 0 Å². The van der Waals surface area contributed by atoms with E-state index >= 15 is 0 Å². The van der Waals surface area contributed by atoms with Crippen LogP contribution < -0.4 is 21.1 Å². The van der Waals surface area contributed by atoms with Gasteiger partial charge in [-0.15, -0.1) is 0 Å². The Labute approximate surface area is 105 Å². The van der Waals surface area contributed by atoms with Crippen LogP contribution in [0.4, 0.5) is 11.6 Å². The predicted octanol–water partition coefficient (Wildman–Crippen LogP) is 0.146. The second kappa shape index (κ2) is 5.07. The van der Waals surface area contributed by atoms with Gasteiger partial charge in [0.15, 0.2) is 11.6 Å². The maximum atomic E-state index is 11.8. The molecular formula is C11H17N5O2. The Morgan fingerprint density at radius 3 is 2.89 bits per heavy atom. The van der Waals surface area contributed by atoms with Gasteiger partial charge in [-0.05, 0) is 19.8 Å². The molecule has 1 aliphatic rings. The number of anilines is 2. The number of hydrogen-bond acceptors (Lipinski definition) is 6. The van der Waals surface area contributed by atoms with Crippen molar-refractivity contribution in [3.05, 3.63) is 6.33 Å². The first kappa shape index (κ1) is 12.4. The zero-order chi connectivity index (χ0) is 13.1. The Kier molecular flexibility index (Phi) is 3.50. The largest absolute Gasteiger partial charge is 0.490 e. The first-order valence-corrected chi connectivity index (χ1v) is 5.83. The first-order chi connectivity index (χ1) is 8.61. The van der Waals surface area contributed by atoms with Crippen LogP contribution in [-0.2, 0) is 4.79 Å². The maximum absolute atomic E-state index is 11.8. The van der Waals surface area contributed by atoms with Gasteiger partial charge in [-0.25, -0.2) is 9.97 Å². The van der Waals surface area contributed by atoms with Crippen molar-refractivity contribution in [1.29, 1.82) is 0 Å². The second-order valence-electron chi connectivity index (χ2n) is 4.29. The van der Waals surface area contributed by atoms with Crippen LogP contribution in [0.1, 0.15) is 19.8 Å². The van der Waals surface area contributed by atoms with E-state index in [1.54, 1.807) is 6.92 Å². The van der Waals surface area contributed by atoms with Gasteiger partial charge in [0.2, 0.25) is 11.7 Å². The van der Waals surface area contributed by atoms with Gasteiger partial charge < -0.3 is 21.1 Å². The summed E-state index contributed by atoms with van der Waals surface area (Å²) in [4.78, 5) is 19.6. The van der Waals surface area contributed by atoms with E-state index in [1.807, 2.05) is 0 Å². The van der Waals surface area contributed by atoms with E-state index in [1.165, 1.54) is 13.4 Å². The molecule has 7 nitrogen and oxygen atoms in total. The van der Waals surface area contributed by atoms with Gasteiger partial charge >= 0.3 is 0 Å². The summed E-state index contributed by atoms with van der Waals surface area (Å²) in [5.74, 6) is 0.952. The van der Waals surface area contributed by atoms with Crippen LogP contribution in [0.5, 0.6) is 5.75 Å². The molecule has 98 valence electrons. The lowest BCUT2D eigenvalue weighted by molar-refractivity contribution is -0.121. The van der Waals surface area contributed by atoms with Gasteiger partial charge in [0, 0.05) is 6.04 Å². The minimum absolute atomic E-state index is 0.0586. The number of carbonyl (C=O) groups excluding carboxylic acids is 1. The molecule has 0 bridgehead atoms. The molecule has 0 radical (unpaired) electrons. The zero-order valence-electron chi connectivity index (χ0n) is 10.4. The molecule has 1 atom stereocenters. The zero-order valence-corrected chi connectivity index (χ0v) is 10.4. The summed E-state index contributed by atoms with van der Waals surface area (Å²) in [6.45, 7) is 1.76. The summed E-state index contributed by atoms with van der Waals surface area (Å²) >= 11 is 0. The van der Waals surface area contributed by atoms with E-state index in [0.717, 1.165) is 12.8 Å². The van der Waals surface area contributed by atoms with Crippen LogP contribution in [0.25, 0.3) is 0 Å². The third-order valence-electron chi connectivity index (χ3n) is 2.71. The standard InChI is InChI=1S/C11H17N5O2/c1-6(11(17)16-7-3-4-7)15-10-8(18-2)9(12)13-5-14-10/h5-7H,3-4H2,1-2H3,(H,16,17)(H3,12,13,14,15). The summed E-state index contributed by atoms with van der Waals surface area (Å²) in [5, 5.41) is 5.88. The monoisotopic (exact) mass is 251 g/mol. The molecule has 1 aromatic rings. The molecule has 2 rings (SSSR count). The van der Waals surface area contributed by atoms with Gasteiger partial charge in [-0.2, -0.15) is 0 Å². The van der Waals surface area contributed by atoms with E-state index in [-0.39, 0.29) is 11.7 Å². The SMILES string of the molecule is COc1c(N)ncnc1NC(C)C(=O)NC1CC1. The van der Waals surface area contributed by atoms with E-state index in [9.17, 15) is 4.79 Å². The smallest absolute Gasteiger partial charge is 0.242 e. The lowest BCUT2D eigenvalue weighted by Crippen LogP contribution is -2.39. The van der Waals surface area contributed by atoms with Crippen molar-refractivity contribution >= 4 is 17.5 Å². The number of methoxy groups -OCH3 is 1. The van der Waals surface area contributed by atoms with E-state index in [0.29, 0.717) is 17.6 Å². The number of aromatic nitrogens is 2. The van der Waals surface area contributed by atoms with Crippen molar-refractivity contribution in [3.63, 3.8) is 0 Å². The quantitative estimate of drug-likeness (QED) is 0.688. The second-order valence-corrected chi connectivity index (χ2v) is 4.29. The Balaban J connectivity index is 2.03. The molecule has 1 unspecified atom stereocenters. The highest BCUT2D eigenvalue weighted by Crippen LogP contribution is 2.26. The molecule has 1 saturated carbocycles. The summed E-state index contributed by atoms with van der Waals surface area (Å²) in [5.41, 5.74) is 5.66. The number of hydrogen-bond donors (Lipinski definition) is 3. The van der Waals surface area contributed by atoms with Crippen LogP contribution in [0, 0.1) is 0 Å². The summed E-state index contributed by atoms with van der Waals surface area (Å²) in [7, 11) is 1.48. The fourth-order valence-corrected chi connectivity index (χ4v) is 1.52. The molecule has 1 fully saturated rings. The van der Waals surface area contributed by atoms with Gasteiger partial charge in [-0.1, -0.05) is 0 Å². The Morgan fingerprint density at radius 2 is 2.28 bits per heavy atom. The van der Waals surface area contributed by atoms with Gasteiger partial charge in [0.1, 0.15) is 12.4 Å². The van der Waals surface area contributed by atoms with Crippen LogP contribution in [0.3, 0.4) is 0 Å². The van der Waals surface area contributed by atoms with Crippen molar-refractivity contribution < 1.29 is 9.53 Å². The molecule has 0 spiro atoms. The van der Waals surface area contributed by atoms with Crippen LogP contribution in [0.2, 0.25) is 0 Å². The normalized spacial score (nSPS) is 15.9. The van der Waals surface area contributed by atoms with Crippen LogP contribution in [0.15, 0.2) is 6.33 Å². The van der Waals surface area contributed by atoms with Crippen LogP contribution in [-0.4, -0.2) is 35.1 Å². The molecule has 4 N–H and O–H groups in total. The van der Waals surface area contributed by atoms with Crippen molar-refractivity contribution in [2.24, 2.45) is 0 Å². The van der Waals surface area contributed by atoms with E-state index in [2.05, 4.69) is 20.6 Å². The topological polar surface area (TPSA) is 102 Å². The molecule has 0 aromatic carbocycles. The number of ether oxygens (including phenoxy) is 1. The number of rotatable bonds is 5. The Bertz CT molecular complexity index is 447. The van der Waals surface area contributed by atoms with Gasteiger partial charge in [0.05, 0.1) is 7.11 Å². The minimum atomic E-state index is -0.409. The third-order valence-corrected chi connectivity index (χ3v) is 2.71. The average Bonchev–Trinajstić information content (AvgIpc) is 3.13.